The Bertz CT molecular complexity index is 1320. The molecule has 0 saturated carbocycles. The number of aliphatic carboxylic acids is 2. The van der Waals surface area contributed by atoms with Crippen LogP contribution in [-0.2, 0) is 26.2 Å². The van der Waals surface area contributed by atoms with E-state index in [9.17, 15) is 26.8 Å². The largest absolute Gasteiger partial charge is 0.478 e. The lowest BCUT2D eigenvalue weighted by Gasteiger charge is -2.12. The van der Waals surface area contributed by atoms with Crippen LogP contribution in [0.15, 0.2) is 60.0 Å². The van der Waals surface area contributed by atoms with Crippen LogP contribution in [0.1, 0.15) is 11.1 Å². The molecule has 180 valence electrons. The highest BCUT2D eigenvalue weighted by Crippen LogP contribution is 2.32. The number of aromatic nitrogens is 3. The van der Waals surface area contributed by atoms with Gasteiger partial charge in [-0.2, -0.15) is 4.39 Å². The second kappa shape index (κ2) is 11.2. The first-order valence-electron chi connectivity index (χ1n) is 9.46. The van der Waals surface area contributed by atoms with E-state index < -0.39 is 39.4 Å². The molecule has 0 aliphatic heterocycles. The van der Waals surface area contributed by atoms with Crippen molar-refractivity contribution in [1.29, 1.82) is 0 Å². The molecule has 0 unspecified atom stereocenters. The first-order chi connectivity index (χ1) is 16.0. The molecule has 0 amide bonds. The molecule has 0 fully saturated rings. The molecule has 3 rings (SSSR count). The number of halogens is 2. The van der Waals surface area contributed by atoms with Crippen LogP contribution in [0, 0.1) is 18.7 Å². The van der Waals surface area contributed by atoms with E-state index in [1.807, 2.05) is 0 Å². The number of rotatable bonds is 7. The van der Waals surface area contributed by atoms with Crippen LogP contribution in [0.5, 0.6) is 0 Å². The third-order valence-electron chi connectivity index (χ3n) is 4.26. The number of carbonyl (C=O) groups is 2. The summed E-state index contributed by atoms with van der Waals surface area (Å²) in [6.07, 6.45) is 6.11. The van der Waals surface area contributed by atoms with E-state index in [4.69, 9.17) is 10.2 Å². The fourth-order valence-corrected chi connectivity index (χ4v) is 4.35. The van der Waals surface area contributed by atoms with Crippen molar-refractivity contribution < 1.29 is 37.0 Å². The molecule has 0 spiro atoms. The van der Waals surface area contributed by atoms with Gasteiger partial charge in [0.1, 0.15) is 10.6 Å². The van der Waals surface area contributed by atoms with Crippen LogP contribution in [0.3, 0.4) is 0 Å². The van der Waals surface area contributed by atoms with Crippen molar-refractivity contribution in [2.75, 3.05) is 7.05 Å². The van der Waals surface area contributed by atoms with Crippen molar-refractivity contribution in [2.45, 2.75) is 18.4 Å². The summed E-state index contributed by atoms with van der Waals surface area (Å²) in [5.74, 6) is -4.30. The lowest BCUT2D eigenvalue weighted by Crippen LogP contribution is -2.15. The van der Waals surface area contributed by atoms with Gasteiger partial charge >= 0.3 is 11.9 Å². The minimum atomic E-state index is -4.19. The fourth-order valence-electron chi connectivity index (χ4n) is 2.78. The second-order valence-electron chi connectivity index (χ2n) is 6.64. The molecule has 34 heavy (non-hydrogen) atoms. The Kier molecular flexibility index (Phi) is 8.70. The van der Waals surface area contributed by atoms with E-state index in [1.165, 1.54) is 36.8 Å². The average Bonchev–Trinajstić information content (AvgIpc) is 3.10. The quantitative estimate of drug-likeness (QED) is 0.332. The second-order valence-corrected chi connectivity index (χ2v) is 8.42. The van der Waals surface area contributed by atoms with Crippen LogP contribution in [0.4, 0.5) is 8.78 Å². The van der Waals surface area contributed by atoms with E-state index in [2.05, 4.69) is 15.3 Å². The smallest absolute Gasteiger partial charge is 0.328 e. The summed E-state index contributed by atoms with van der Waals surface area (Å²) in [5, 5.41) is 18.4. The van der Waals surface area contributed by atoms with Crippen LogP contribution in [0.25, 0.3) is 11.3 Å². The zero-order valence-electron chi connectivity index (χ0n) is 17.9. The zero-order valence-corrected chi connectivity index (χ0v) is 18.8. The van der Waals surface area contributed by atoms with Gasteiger partial charge in [-0.3, -0.25) is 4.98 Å². The van der Waals surface area contributed by atoms with E-state index in [0.29, 0.717) is 17.7 Å². The number of pyridine rings is 2. The number of aryl methyl sites for hydroxylation is 1. The highest BCUT2D eigenvalue weighted by molar-refractivity contribution is 7.90. The van der Waals surface area contributed by atoms with Crippen molar-refractivity contribution in [3.8, 4) is 11.3 Å². The molecule has 0 atom stereocenters. The molecule has 0 radical (unpaired) electrons. The first kappa shape index (κ1) is 26.3. The van der Waals surface area contributed by atoms with Gasteiger partial charge in [-0.05, 0) is 37.7 Å². The number of nitrogens with one attached hydrogen (secondary N) is 1. The standard InChI is InChI=1S/C17H16F2N4O2S.C4H4O4/c1-11-5-7-21-9-14(11)26(24,25)23-10-12(8-20-2)15(18)16(23)13-4-3-6-22-17(13)19;5-3(6)1-2-4(7)8/h3-7,9-10,20H,8H2,1-2H3;1-2H,(H,5,6)(H,7,8)/b;2-1+. The summed E-state index contributed by atoms with van der Waals surface area (Å²) in [4.78, 5) is 26.4. The van der Waals surface area contributed by atoms with Gasteiger partial charge in [0.15, 0.2) is 5.82 Å². The summed E-state index contributed by atoms with van der Waals surface area (Å²) >= 11 is 0. The van der Waals surface area contributed by atoms with Gasteiger partial charge in [0.25, 0.3) is 10.0 Å². The predicted molar refractivity (Wildman–Crippen MR) is 116 cm³/mol. The number of carboxylic acid groups (broad SMARTS) is 2. The van der Waals surface area contributed by atoms with Gasteiger partial charge in [-0.15, -0.1) is 0 Å². The molecular weight excluding hydrogens is 474 g/mol. The van der Waals surface area contributed by atoms with E-state index >= 15 is 0 Å². The van der Waals surface area contributed by atoms with Crippen LogP contribution in [-0.4, -0.2) is 51.6 Å². The van der Waals surface area contributed by atoms with Gasteiger partial charge in [-0.25, -0.2) is 31.4 Å². The molecule has 3 aromatic heterocycles. The average molecular weight is 494 g/mol. The monoisotopic (exact) mass is 494 g/mol. The Hall–Kier alpha value is -3.97. The Balaban J connectivity index is 0.000000440. The van der Waals surface area contributed by atoms with Gasteiger partial charge < -0.3 is 15.5 Å². The van der Waals surface area contributed by atoms with Gasteiger partial charge in [0.2, 0.25) is 5.95 Å². The lowest BCUT2D eigenvalue weighted by molar-refractivity contribution is -0.134. The third kappa shape index (κ3) is 6.08. The summed E-state index contributed by atoms with van der Waals surface area (Å²) in [5.41, 5.74) is -0.0978. The summed E-state index contributed by atoms with van der Waals surface area (Å²) in [7, 11) is -2.60. The normalized spacial score (nSPS) is 11.2. The van der Waals surface area contributed by atoms with Crippen molar-refractivity contribution in [2.24, 2.45) is 0 Å². The molecule has 0 saturated heterocycles. The molecule has 3 N–H and O–H groups in total. The first-order valence-corrected chi connectivity index (χ1v) is 10.9. The third-order valence-corrected chi connectivity index (χ3v) is 6.05. The summed E-state index contributed by atoms with van der Waals surface area (Å²) in [6, 6.07) is 4.23. The fraction of sp³-hybridized carbons (Fsp3) is 0.143. The maximum Gasteiger partial charge on any atom is 0.328 e. The van der Waals surface area contributed by atoms with E-state index in [-0.39, 0.29) is 22.6 Å². The molecule has 0 aliphatic rings. The number of carboxylic acids is 2. The minimum Gasteiger partial charge on any atom is -0.478 e. The van der Waals surface area contributed by atoms with Crippen LogP contribution < -0.4 is 5.32 Å². The Morgan fingerprint density at radius 3 is 2.32 bits per heavy atom. The minimum absolute atomic E-state index is 0.0786. The van der Waals surface area contributed by atoms with Crippen molar-refractivity contribution >= 4 is 22.0 Å². The van der Waals surface area contributed by atoms with E-state index in [0.717, 1.165) is 10.2 Å². The highest BCUT2D eigenvalue weighted by Gasteiger charge is 2.29. The molecule has 3 heterocycles. The molecule has 13 heteroatoms. The topological polar surface area (TPSA) is 151 Å². The van der Waals surface area contributed by atoms with Crippen molar-refractivity contribution in [3.05, 3.63) is 78.0 Å². The van der Waals surface area contributed by atoms with Crippen molar-refractivity contribution in [1.82, 2.24) is 19.3 Å². The molecule has 0 aromatic carbocycles. The van der Waals surface area contributed by atoms with Gasteiger partial charge in [0, 0.05) is 49.0 Å². The number of hydrogen-bond donors (Lipinski definition) is 3. The molecule has 3 aromatic rings. The maximum atomic E-state index is 15.0. The molecular formula is C21H20F2N4O6S. The SMILES string of the molecule is CNCc1cn(S(=O)(=O)c2cnccc2C)c(-c2cccnc2F)c1F.O=C(O)/C=C/C(=O)O. The molecule has 0 bridgehead atoms. The lowest BCUT2D eigenvalue weighted by atomic mass is 10.2. The molecule has 0 aliphatic carbocycles. The highest BCUT2D eigenvalue weighted by atomic mass is 32.2. The Morgan fingerprint density at radius 2 is 1.79 bits per heavy atom. The predicted octanol–water partition coefficient (Wildman–Crippen LogP) is 2.20. The number of hydrogen-bond acceptors (Lipinski definition) is 7. The van der Waals surface area contributed by atoms with Crippen LogP contribution >= 0.6 is 0 Å². The zero-order chi connectivity index (χ0) is 25.5. The van der Waals surface area contributed by atoms with E-state index in [1.54, 1.807) is 14.0 Å². The molecule has 10 nitrogen and oxygen atoms in total. The summed E-state index contributed by atoms with van der Waals surface area (Å²) < 4.78 is 56.1. The number of nitrogens with zero attached hydrogens (tertiary/aromatic N) is 3. The van der Waals surface area contributed by atoms with Gasteiger partial charge in [-0.1, -0.05) is 0 Å². The Labute approximate surface area is 193 Å². The van der Waals surface area contributed by atoms with Crippen molar-refractivity contribution in [3.63, 3.8) is 0 Å². The maximum absolute atomic E-state index is 15.0. The Morgan fingerprint density at radius 1 is 1.15 bits per heavy atom. The van der Waals surface area contributed by atoms with Gasteiger partial charge in [0.05, 0.1) is 5.56 Å². The summed E-state index contributed by atoms with van der Waals surface area (Å²) in [6.45, 7) is 1.68. The van der Waals surface area contributed by atoms with Crippen LogP contribution in [0.2, 0.25) is 0 Å².